The quantitative estimate of drug-likeness (QED) is 0.876. The van der Waals surface area contributed by atoms with Gasteiger partial charge < -0.3 is 19.8 Å². The number of hydrogen-bond acceptors (Lipinski definition) is 3. The molecule has 1 aromatic carbocycles. The molecule has 1 aliphatic carbocycles. The molecule has 1 aromatic heterocycles. The summed E-state index contributed by atoms with van der Waals surface area (Å²) in [4.78, 5) is 0. The van der Waals surface area contributed by atoms with Gasteiger partial charge in [-0.2, -0.15) is 0 Å². The van der Waals surface area contributed by atoms with E-state index in [-0.39, 0.29) is 6.04 Å². The first kappa shape index (κ1) is 12.8. The molecule has 1 atom stereocenters. The molecule has 21 heavy (non-hydrogen) atoms. The first-order valence-corrected chi connectivity index (χ1v) is 7.68. The highest BCUT2D eigenvalue weighted by atomic mass is 16.5. The Morgan fingerprint density at radius 3 is 2.81 bits per heavy atom. The zero-order valence-electron chi connectivity index (χ0n) is 12.0. The fraction of sp³-hybridized carbons (Fsp3) is 0.412. The lowest BCUT2D eigenvalue weighted by atomic mass is 9.93. The summed E-state index contributed by atoms with van der Waals surface area (Å²) in [5.41, 5.74) is 9.95. The number of aromatic nitrogens is 1. The van der Waals surface area contributed by atoms with E-state index in [0.29, 0.717) is 6.61 Å². The number of nitrogens with zero attached hydrogens (tertiary/aromatic N) is 1. The highest BCUT2D eigenvalue weighted by Gasteiger charge is 2.21. The average molecular weight is 284 g/mol. The van der Waals surface area contributed by atoms with Crippen LogP contribution in [0.15, 0.2) is 30.5 Å². The van der Waals surface area contributed by atoms with Gasteiger partial charge in [-0.1, -0.05) is 0 Å². The number of fused-ring (bicyclic) bond motifs is 2. The zero-order chi connectivity index (χ0) is 14.2. The largest absolute Gasteiger partial charge is 0.490 e. The predicted molar refractivity (Wildman–Crippen MR) is 81.2 cm³/mol. The molecule has 2 heterocycles. The van der Waals surface area contributed by atoms with Crippen LogP contribution in [0.25, 0.3) is 5.69 Å². The van der Waals surface area contributed by atoms with E-state index in [9.17, 15) is 0 Å². The average Bonchev–Trinajstić information content (AvgIpc) is 2.80. The maximum atomic E-state index is 6.21. The van der Waals surface area contributed by atoms with Crippen molar-refractivity contribution in [2.24, 2.45) is 5.73 Å². The van der Waals surface area contributed by atoms with Crippen molar-refractivity contribution in [3.8, 4) is 17.2 Å². The summed E-state index contributed by atoms with van der Waals surface area (Å²) in [6.07, 6.45) is 6.37. The minimum Gasteiger partial charge on any atom is -0.490 e. The van der Waals surface area contributed by atoms with Gasteiger partial charge in [0.1, 0.15) is 0 Å². The van der Waals surface area contributed by atoms with Crippen LogP contribution >= 0.6 is 0 Å². The molecular weight excluding hydrogens is 264 g/mol. The van der Waals surface area contributed by atoms with E-state index in [1.54, 1.807) is 0 Å². The third-order valence-electron chi connectivity index (χ3n) is 4.36. The Bertz CT molecular complexity index is 663. The SMILES string of the molecule is NC1CCCc2c1ccn2-c1ccc2c(c1)OCCCO2. The number of rotatable bonds is 1. The third-order valence-corrected chi connectivity index (χ3v) is 4.36. The summed E-state index contributed by atoms with van der Waals surface area (Å²) in [7, 11) is 0. The molecule has 2 aromatic rings. The molecule has 0 spiro atoms. The summed E-state index contributed by atoms with van der Waals surface area (Å²) >= 11 is 0. The fourth-order valence-corrected chi connectivity index (χ4v) is 3.27. The lowest BCUT2D eigenvalue weighted by Crippen LogP contribution is -2.17. The molecule has 1 unspecified atom stereocenters. The van der Waals surface area contributed by atoms with Crippen molar-refractivity contribution in [3.05, 3.63) is 41.7 Å². The second-order valence-electron chi connectivity index (χ2n) is 5.77. The van der Waals surface area contributed by atoms with Crippen LogP contribution in [0.2, 0.25) is 0 Å². The number of benzene rings is 1. The standard InChI is InChI=1S/C17H20N2O2/c18-14-3-1-4-15-13(14)7-8-19(15)12-5-6-16-17(11-12)21-10-2-9-20-16/h5-8,11,14H,1-4,9-10,18H2. The van der Waals surface area contributed by atoms with Crippen LogP contribution in [0.1, 0.15) is 36.6 Å². The van der Waals surface area contributed by atoms with Crippen molar-refractivity contribution in [2.45, 2.75) is 31.7 Å². The normalized spacial score (nSPS) is 20.7. The van der Waals surface area contributed by atoms with Gasteiger partial charge in [0.25, 0.3) is 0 Å². The predicted octanol–water partition coefficient (Wildman–Crippen LogP) is 2.97. The van der Waals surface area contributed by atoms with Crippen LogP contribution in [0, 0.1) is 0 Å². The molecular formula is C17H20N2O2. The van der Waals surface area contributed by atoms with Gasteiger partial charge in [-0.05, 0) is 43.0 Å². The van der Waals surface area contributed by atoms with Crippen molar-refractivity contribution >= 4 is 0 Å². The maximum Gasteiger partial charge on any atom is 0.163 e. The summed E-state index contributed by atoms with van der Waals surface area (Å²) in [6.45, 7) is 1.44. The van der Waals surface area contributed by atoms with Crippen LogP contribution in [-0.4, -0.2) is 17.8 Å². The van der Waals surface area contributed by atoms with E-state index < -0.39 is 0 Å². The van der Waals surface area contributed by atoms with Gasteiger partial charge in [-0.25, -0.2) is 0 Å². The van der Waals surface area contributed by atoms with Crippen molar-refractivity contribution in [3.63, 3.8) is 0 Å². The molecule has 110 valence electrons. The fourth-order valence-electron chi connectivity index (χ4n) is 3.27. The summed E-state index contributed by atoms with van der Waals surface area (Å²) < 4.78 is 13.7. The Morgan fingerprint density at radius 1 is 1.05 bits per heavy atom. The first-order valence-electron chi connectivity index (χ1n) is 7.68. The topological polar surface area (TPSA) is 49.4 Å². The van der Waals surface area contributed by atoms with Gasteiger partial charge in [0, 0.05) is 36.1 Å². The highest BCUT2D eigenvalue weighted by Crippen LogP contribution is 2.35. The van der Waals surface area contributed by atoms with Crippen molar-refractivity contribution < 1.29 is 9.47 Å². The van der Waals surface area contributed by atoms with Crippen LogP contribution < -0.4 is 15.2 Å². The first-order chi connectivity index (χ1) is 10.3. The van der Waals surface area contributed by atoms with Gasteiger partial charge in [0.15, 0.2) is 11.5 Å². The van der Waals surface area contributed by atoms with Gasteiger partial charge in [0.05, 0.1) is 13.2 Å². The lowest BCUT2D eigenvalue weighted by Gasteiger charge is -2.21. The molecule has 0 saturated heterocycles. The summed E-state index contributed by atoms with van der Waals surface area (Å²) in [5.74, 6) is 1.68. The molecule has 0 radical (unpaired) electrons. The Hall–Kier alpha value is -1.94. The number of nitrogens with two attached hydrogens (primary N) is 1. The molecule has 0 saturated carbocycles. The number of hydrogen-bond donors (Lipinski definition) is 1. The van der Waals surface area contributed by atoms with E-state index in [2.05, 4.69) is 29.0 Å². The van der Waals surface area contributed by atoms with Crippen molar-refractivity contribution in [1.29, 1.82) is 0 Å². The molecule has 4 nitrogen and oxygen atoms in total. The molecule has 4 rings (SSSR count). The molecule has 4 heteroatoms. The Morgan fingerprint density at radius 2 is 1.90 bits per heavy atom. The van der Waals surface area contributed by atoms with Gasteiger partial charge in [0.2, 0.25) is 0 Å². The van der Waals surface area contributed by atoms with E-state index in [1.807, 2.05) is 6.07 Å². The minimum absolute atomic E-state index is 0.176. The van der Waals surface area contributed by atoms with Crippen LogP contribution in [0.4, 0.5) is 0 Å². The van der Waals surface area contributed by atoms with Crippen LogP contribution in [0.3, 0.4) is 0 Å². The van der Waals surface area contributed by atoms with Crippen molar-refractivity contribution in [2.75, 3.05) is 13.2 Å². The van der Waals surface area contributed by atoms with Gasteiger partial charge in [-0.3, -0.25) is 0 Å². The summed E-state index contributed by atoms with van der Waals surface area (Å²) in [6, 6.07) is 8.50. The molecule has 2 aliphatic rings. The monoisotopic (exact) mass is 284 g/mol. The molecule has 0 bridgehead atoms. The Labute approximate surface area is 124 Å². The van der Waals surface area contributed by atoms with E-state index in [1.165, 1.54) is 11.3 Å². The Balaban J connectivity index is 1.76. The second kappa shape index (κ2) is 5.11. The third kappa shape index (κ3) is 2.20. The minimum atomic E-state index is 0.176. The molecule has 0 amide bonds. The molecule has 2 N–H and O–H groups in total. The van der Waals surface area contributed by atoms with Crippen molar-refractivity contribution in [1.82, 2.24) is 4.57 Å². The zero-order valence-corrected chi connectivity index (χ0v) is 12.0. The lowest BCUT2D eigenvalue weighted by molar-refractivity contribution is 0.297. The number of ether oxygens (including phenoxy) is 2. The smallest absolute Gasteiger partial charge is 0.163 e. The summed E-state index contributed by atoms with van der Waals surface area (Å²) in [5, 5.41) is 0. The highest BCUT2D eigenvalue weighted by molar-refractivity contribution is 5.51. The molecule has 1 aliphatic heterocycles. The molecule has 0 fully saturated rings. The van der Waals surface area contributed by atoms with Crippen LogP contribution in [0.5, 0.6) is 11.5 Å². The van der Waals surface area contributed by atoms with E-state index >= 15 is 0 Å². The van der Waals surface area contributed by atoms with Crippen LogP contribution in [-0.2, 0) is 6.42 Å². The van der Waals surface area contributed by atoms with Gasteiger partial charge in [-0.15, -0.1) is 0 Å². The van der Waals surface area contributed by atoms with E-state index in [0.717, 1.165) is 49.5 Å². The van der Waals surface area contributed by atoms with Gasteiger partial charge >= 0.3 is 0 Å². The second-order valence-corrected chi connectivity index (χ2v) is 5.77. The Kier molecular flexibility index (Phi) is 3.11. The maximum absolute atomic E-state index is 6.21. The van der Waals surface area contributed by atoms with E-state index in [4.69, 9.17) is 15.2 Å².